The fourth-order valence-corrected chi connectivity index (χ4v) is 3.55. The average Bonchev–Trinajstić information content (AvgIpc) is 2.65. The van der Waals surface area contributed by atoms with Crippen LogP contribution in [0.15, 0.2) is 71.6 Å². The maximum Gasteiger partial charge on any atom is 0.202 e. The van der Waals surface area contributed by atoms with E-state index in [1.807, 2.05) is 49.5 Å². The molecule has 0 saturated carbocycles. The highest BCUT2D eigenvalue weighted by Gasteiger charge is 2.17. The molecule has 0 fully saturated rings. The summed E-state index contributed by atoms with van der Waals surface area (Å²) >= 11 is 0. The van der Waals surface area contributed by atoms with Crippen molar-refractivity contribution in [1.82, 2.24) is 0 Å². The molecule has 0 saturated heterocycles. The molecule has 0 aliphatic rings. The zero-order valence-corrected chi connectivity index (χ0v) is 15.8. The van der Waals surface area contributed by atoms with Gasteiger partial charge in [0.25, 0.3) is 0 Å². The second-order valence-electron chi connectivity index (χ2n) is 6.21. The zero-order valence-electron chi connectivity index (χ0n) is 15.0. The molecule has 3 aromatic carbocycles. The minimum atomic E-state index is -3.30. The summed E-state index contributed by atoms with van der Waals surface area (Å²) in [5, 5.41) is 10.7. The number of hydrogen-bond acceptors (Lipinski definition) is 3. The van der Waals surface area contributed by atoms with Gasteiger partial charge in [-0.05, 0) is 29.7 Å². The largest absolute Gasteiger partial charge is 0.315 e. The molecule has 0 radical (unpaired) electrons. The van der Waals surface area contributed by atoms with Crippen LogP contribution in [-0.4, -0.2) is 34.7 Å². The third-order valence-corrected chi connectivity index (χ3v) is 5.51. The van der Waals surface area contributed by atoms with Crippen molar-refractivity contribution in [2.45, 2.75) is 4.90 Å². The van der Waals surface area contributed by atoms with Crippen LogP contribution in [0.5, 0.6) is 0 Å². The van der Waals surface area contributed by atoms with Crippen LogP contribution in [0, 0.1) is 5.41 Å². The Morgan fingerprint density at radius 1 is 0.885 bits per heavy atom. The summed E-state index contributed by atoms with van der Waals surface area (Å²) in [6, 6.07) is 20.6. The number of nitrogens with zero attached hydrogens (tertiary/aromatic N) is 2. The molecule has 5 nitrogen and oxygen atoms in total. The summed E-state index contributed by atoms with van der Waals surface area (Å²) < 4.78 is 23.6. The molecule has 0 amide bonds. The molecule has 3 aromatic rings. The van der Waals surface area contributed by atoms with Gasteiger partial charge in [-0.3, -0.25) is 5.41 Å². The molecular weight excluding hydrogens is 346 g/mol. The van der Waals surface area contributed by atoms with Gasteiger partial charge in [0.1, 0.15) is 0 Å². The Kier molecular flexibility index (Phi) is 4.70. The number of benzene rings is 3. The van der Waals surface area contributed by atoms with Crippen molar-refractivity contribution in [3.05, 3.63) is 66.7 Å². The Morgan fingerprint density at radius 3 is 2.27 bits per heavy atom. The third kappa shape index (κ3) is 3.41. The van der Waals surface area contributed by atoms with Gasteiger partial charge in [0.05, 0.1) is 10.6 Å². The predicted molar refractivity (Wildman–Crippen MR) is 108 cm³/mol. The molecule has 0 aliphatic carbocycles. The maximum absolute atomic E-state index is 11.8. The lowest BCUT2D eigenvalue weighted by molar-refractivity contribution is 0.602. The van der Waals surface area contributed by atoms with Crippen molar-refractivity contribution >= 4 is 37.9 Å². The number of fused-ring (bicyclic) bond motifs is 1. The van der Waals surface area contributed by atoms with Crippen molar-refractivity contribution in [3.63, 3.8) is 0 Å². The van der Waals surface area contributed by atoms with Crippen molar-refractivity contribution in [2.24, 2.45) is 0 Å². The molecule has 0 heterocycles. The molecule has 0 atom stereocenters. The van der Waals surface area contributed by atoms with E-state index in [4.69, 9.17) is 5.41 Å². The summed E-state index contributed by atoms with van der Waals surface area (Å²) in [5.74, 6) is 0.243. The third-order valence-electron chi connectivity index (χ3n) is 4.40. The molecule has 3 rings (SSSR count). The van der Waals surface area contributed by atoms with E-state index in [0.717, 1.165) is 16.5 Å². The number of nitrogens with one attached hydrogen (secondary N) is 1. The minimum Gasteiger partial charge on any atom is -0.315 e. The SMILES string of the molecule is CN(C(=N)N(C)c1cccc2ccccc12)c1cccc(S(C)(=O)=O)c1. The molecule has 0 bridgehead atoms. The van der Waals surface area contributed by atoms with Crippen LogP contribution in [-0.2, 0) is 9.84 Å². The first-order valence-electron chi connectivity index (χ1n) is 8.13. The molecule has 26 heavy (non-hydrogen) atoms. The minimum absolute atomic E-state index is 0.238. The normalized spacial score (nSPS) is 11.3. The summed E-state index contributed by atoms with van der Waals surface area (Å²) in [6.07, 6.45) is 1.18. The van der Waals surface area contributed by atoms with Crippen LogP contribution in [0.2, 0.25) is 0 Å². The highest BCUT2D eigenvalue weighted by atomic mass is 32.2. The Morgan fingerprint density at radius 2 is 1.54 bits per heavy atom. The molecule has 0 aromatic heterocycles. The summed E-state index contributed by atoms with van der Waals surface area (Å²) in [5.41, 5.74) is 1.56. The quantitative estimate of drug-likeness (QED) is 0.566. The van der Waals surface area contributed by atoms with E-state index in [1.165, 1.54) is 6.26 Å². The first kappa shape index (κ1) is 17.9. The van der Waals surface area contributed by atoms with Gasteiger partial charge < -0.3 is 9.80 Å². The fraction of sp³-hybridized carbons (Fsp3) is 0.150. The first-order chi connectivity index (χ1) is 12.3. The van der Waals surface area contributed by atoms with Crippen molar-refractivity contribution in [3.8, 4) is 0 Å². The monoisotopic (exact) mass is 367 g/mol. The highest BCUT2D eigenvalue weighted by molar-refractivity contribution is 7.90. The standard InChI is InChI=1S/C20H21N3O2S/c1-22(16-10-7-11-17(14-16)26(3,24)25)20(21)23(2)19-13-6-9-15-8-4-5-12-18(15)19/h4-14,21H,1-3H3. The number of anilines is 2. The van der Waals surface area contributed by atoms with Gasteiger partial charge in [-0.2, -0.15) is 0 Å². The van der Waals surface area contributed by atoms with Crippen LogP contribution in [0.25, 0.3) is 10.8 Å². The van der Waals surface area contributed by atoms with E-state index in [0.29, 0.717) is 5.69 Å². The predicted octanol–water partition coefficient (Wildman–Crippen LogP) is 3.75. The van der Waals surface area contributed by atoms with Gasteiger partial charge >= 0.3 is 0 Å². The zero-order chi connectivity index (χ0) is 18.9. The summed E-state index contributed by atoms with van der Waals surface area (Å²) in [4.78, 5) is 3.69. The molecule has 6 heteroatoms. The highest BCUT2D eigenvalue weighted by Crippen LogP contribution is 2.27. The van der Waals surface area contributed by atoms with E-state index < -0.39 is 9.84 Å². The number of hydrogen-bond donors (Lipinski definition) is 1. The van der Waals surface area contributed by atoms with Gasteiger partial charge in [0.15, 0.2) is 9.84 Å². The Labute approximate surface area is 153 Å². The number of sulfone groups is 1. The second kappa shape index (κ2) is 6.80. The fourth-order valence-electron chi connectivity index (χ4n) is 2.88. The molecular formula is C20H21N3O2S. The van der Waals surface area contributed by atoms with Crippen LogP contribution in [0.1, 0.15) is 0 Å². The molecule has 134 valence electrons. The molecule has 0 aliphatic heterocycles. The lowest BCUT2D eigenvalue weighted by atomic mass is 10.1. The maximum atomic E-state index is 11.8. The average molecular weight is 367 g/mol. The Hall–Kier alpha value is -2.86. The van der Waals surface area contributed by atoms with Gasteiger partial charge in [0, 0.05) is 31.4 Å². The van der Waals surface area contributed by atoms with Crippen LogP contribution >= 0.6 is 0 Å². The van der Waals surface area contributed by atoms with E-state index in [-0.39, 0.29) is 10.9 Å². The van der Waals surface area contributed by atoms with E-state index in [2.05, 4.69) is 0 Å². The van der Waals surface area contributed by atoms with Crippen molar-refractivity contribution in [1.29, 1.82) is 5.41 Å². The van der Waals surface area contributed by atoms with Gasteiger partial charge in [0.2, 0.25) is 5.96 Å². The van der Waals surface area contributed by atoms with E-state index in [9.17, 15) is 8.42 Å². The molecule has 1 N–H and O–H groups in total. The lowest BCUT2D eigenvalue weighted by Crippen LogP contribution is -2.39. The summed E-state index contributed by atoms with van der Waals surface area (Å²) in [7, 11) is 0.293. The van der Waals surface area contributed by atoms with Crippen LogP contribution in [0.4, 0.5) is 11.4 Å². The lowest BCUT2D eigenvalue weighted by Gasteiger charge is -2.29. The van der Waals surface area contributed by atoms with E-state index >= 15 is 0 Å². The first-order valence-corrected chi connectivity index (χ1v) is 10.0. The smallest absolute Gasteiger partial charge is 0.202 e. The Bertz CT molecular complexity index is 1070. The topological polar surface area (TPSA) is 64.5 Å². The van der Waals surface area contributed by atoms with Crippen molar-refractivity contribution in [2.75, 3.05) is 30.2 Å². The van der Waals surface area contributed by atoms with Crippen molar-refractivity contribution < 1.29 is 8.42 Å². The molecule has 0 spiro atoms. The number of rotatable bonds is 3. The van der Waals surface area contributed by atoms with Crippen LogP contribution < -0.4 is 9.80 Å². The van der Waals surface area contributed by atoms with Gasteiger partial charge in [-0.1, -0.05) is 42.5 Å². The molecule has 0 unspecified atom stereocenters. The van der Waals surface area contributed by atoms with Gasteiger partial charge in [-0.25, -0.2) is 8.42 Å². The second-order valence-corrected chi connectivity index (χ2v) is 8.23. The number of guanidine groups is 1. The van der Waals surface area contributed by atoms with Crippen LogP contribution in [0.3, 0.4) is 0 Å². The van der Waals surface area contributed by atoms with Gasteiger partial charge in [-0.15, -0.1) is 0 Å². The summed E-state index contributed by atoms with van der Waals surface area (Å²) in [6.45, 7) is 0. The van der Waals surface area contributed by atoms with E-state index in [1.54, 1.807) is 41.1 Å². The Balaban J connectivity index is 1.96.